The zero-order valence-corrected chi connectivity index (χ0v) is 23.8. The summed E-state index contributed by atoms with van der Waals surface area (Å²) in [7, 11) is 0. The Hall–Kier alpha value is -4.19. The van der Waals surface area contributed by atoms with Crippen LogP contribution in [0.2, 0.25) is 0 Å². The number of nitrogens with one attached hydrogen (secondary N) is 1. The first-order chi connectivity index (χ1) is 20.0. The predicted molar refractivity (Wildman–Crippen MR) is 160 cm³/mol. The second-order valence-corrected chi connectivity index (χ2v) is 11.3. The van der Waals surface area contributed by atoms with Crippen LogP contribution in [-0.2, 0) is 13.0 Å². The molecule has 3 atom stereocenters. The second kappa shape index (κ2) is 11.7. The van der Waals surface area contributed by atoms with Gasteiger partial charge in [0.1, 0.15) is 5.82 Å². The molecule has 4 aromatic rings. The molecule has 0 radical (unpaired) electrons. The lowest BCUT2D eigenvalue weighted by Crippen LogP contribution is -2.41. The lowest BCUT2D eigenvalue weighted by Gasteiger charge is -2.31. The fourth-order valence-electron chi connectivity index (χ4n) is 6.75. The Morgan fingerprint density at radius 2 is 1.76 bits per heavy atom. The van der Waals surface area contributed by atoms with E-state index in [1.165, 1.54) is 34.5 Å². The number of carbonyl (C=O) groups excluding carboxylic acids is 1. The minimum Gasteiger partial charge on any atom is -0.331 e. The van der Waals surface area contributed by atoms with Crippen LogP contribution in [0.1, 0.15) is 67.5 Å². The molecule has 0 saturated carbocycles. The van der Waals surface area contributed by atoms with E-state index in [0.717, 1.165) is 42.5 Å². The van der Waals surface area contributed by atoms with Crippen molar-refractivity contribution in [2.24, 2.45) is 5.92 Å². The van der Waals surface area contributed by atoms with Crippen LogP contribution in [0.5, 0.6) is 0 Å². The molecule has 0 fully saturated rings. The number of urea groups is 1. The van der Waals surface area contributed by atoms with Crippen molar-refractivity contribution in [1.29, 1.82) is 0 Å². The summed E-state index contributed by atoms with van der Waals surface area (Å²) in [5.41, 5.74) is 8.62. The van der Waals surface area contributed by atoms with Crippen LogP contribution in [0.15, 0.2) is 102 Å². The highest BCUT2D eigenvalue weighted by atomic mass is 19.1. The monoisotopic (exact) mass is 548 g/mol. The molecule has 5 nitrogen and oxygen atoms in total. The van der Waals surface area contributed by atoms with Gasteiger partial charge in [-0.1, -0.05) is 78.7 Å². The number of rotatable bonds is 8. The number of allylic oxidation sites excluding steroid dienone is 2. The van der Waals surface area contributed by atoms with Gasteiger partial charge in [-0.15, -0.1) is 0 Å². The van der Waals surface area contributed by atoms with Gasteiger partial charge in [0.25, 0.3) is 0 Å². The average molecular weight is 549 g/mol. The van der Waals surface area contributed by atoms with Crippen molar-refractivity contribution in [2.75, 3.05) is 6.54 Å². The summed E-state index contributed by atoms with van der Waals surface area (Å²) in [5.74, 6) is 0.402. The minimum absolute atomic E-state index is 0.0306. The first-order valence-electron chi connectivity index (χ1n) is 14.7. The first kappa shape index (κ1) is 27.0. The van der Waals surface area contributed by atoms with Gasteiger partial charge < -0.3 is 10.2 Å². The van der Waals surface area contributed by atoms with E-state index in [1.807, 2.05) is 47.0 Å². The van der Waals surface area contributed by atoms with Gasteiger partial charge in [-0.3, -0.25) is 0 Å². The van der Waals surface area contributed by atoms with Crippen molar-refractivity contribution >= 4 is 6.03 Å². The van der Waals surface area contributed by atoms with Crippen LogP contribution < -0.4 is 5.32 Å². The van der Waals surface area contributed by atoms with Gasteiger partial charge in [0.05, 0.1) is 23.6 Å². The number of halogens is 1. The van der Waals surface area contributed by atoms with E-state index in [4.69, 9.17) is 5.10 Å². The maximum Gasteiger partial charge on any atom is 0.318 e. The largest absolute Gasteiger partial charge is 0.331 e. The van der Waals surface area contributed by atoms with Crippen molar-refractivity contribution in [3.8, 4) is 5.69 Å². The van der Waals surface area contributed by atoms with E-state index in [-0.39, 0.29) is 23.8 Å². The van der Waals surface area contributed by atoms with E-state index in [2.05, 4.69) is 48.6 Å². The lowest BCUT2D eigenvalue weighted by atomic mass is 9.78. The lowest BCUT2D eigenvalue weighted by molar-refractivity contribution is 0.192. The van der Waals surface area contributed by atoms with Crippen LogP contribution in [0, 0.1) is 11.7 Å². The summed E-state index contributed by atoms with van der Waals surface area (Å²) >= 11 is 0. The Balaban J connectivity index is 1.23. The Bertz CT molecular complexity index is 1530. The van der Waals surface area contributed by atoms with Gasteiger partial charge in [-0.2, -0.15) is 5.10 Å². The standard InChI is InChI=1S/C35H37FN4O/c1-3-39(23-25-10-6-4-7-11-25)35(41)38-32(26-12-8-5-9-13-26)20-27-14-15-28-21-33-31(24(2)34(27)28)22-37-40(33)30-18-16-29(36)17-19-30/h4-13,16-19,22,24,27,32H,3,14-15,20-21,23H2,1-2H3,(H,38,41)/t24-,27+,32?/m0/s1. The molecule has 1 aromatic heterocycles. The molecule has 6 rings (SSSR count). The Kier molecular flexibility index (Phi) is 7.73. The summed E-state index contributed by atoms with van der Waals surface area (Å²) in [6.07, 6.45) is 5.86. The molecule has 2 aliphatic carbocycles. The van der Waals surface area contributed by atoms with Gasteiger partial charge in [0.15, 0.2) is 0 Å². The number of carbonyl (C=O) groups is 1. The highest BCUT2D eigenvalue weighted by Crippen LogP contribution is 2.49. The smallest absolute Gasteiger partial charge is 0.318 e. The molecule has 0 saturated heterocycles. The van der Waals surface area contributed by atoms with E-state index in [1.54, 1.807) is 12.1 Å². The number of amides is 2. The van der Waals surface area contributed by atoms with Gasteiger partial charge >= 0.3 is 6.03 Å². The first-order valence-corrected chi connectivity index (χ1v) is 14.7. The maximum absolute atomic E-state index is 13.6. The van der Waals surface area contributed by atoms with E-state index < -0.39 is 0 Å². The molecule has 41 heavy (non-hydrogen) atoms. The van der Waals surface area contributed by atoms with Crippen molar-refractivity contribution < 1.29 is 9.18 Å². The molecule has 0 aliphatic heterocycles. The third-order valence-electron chi connectivity index (χ3n) is 8.83. The van der Waals surface area contributed by atoms with Gasteiger partial charge in [-0.25, -0.2) is 13.9 Å². The van der Waals surface area contributed by atoms with Crippen molar-refractivity contribution in [3.05, 3.63) is 130 Å². The minimum atomic E-state index is -0.242. The summed E-state index contributed by atoms with van der Waals surface area (Å²) in [6, 6.07) is 27.0. The summed E-state index contributed by atoms with van der Waals surface area (Å²) in [5, 5.41) is 8.12. The van der Waals surface area contributed by atoms with E-state index in [0.29, 0.717) is 19.0 Å². The molecule has 1 N–H and O–H groups in total. The van der Waals surface area contributed by atoms with Gasteiger partial charge in [0, 0.05) is 31.0 Å². The molecular weight excluding hydrogens is 511 g/mol. The topological polar surface area (TPSA) is 50.2 Å². The molecule has 0 bridgehead atoms. The molecular formula is C35H37FN4O. The third kappa shape index (κ3) is 5.56. The van der Waals surface area contributed by atoms with Crippen LogP contribution in [0.3, 0.4) is 0 Å². The van der Waals surface area contributed by atoms with Crippen LogP contribution >= 0.6 is 0 Å². The van der Waals surface area contributed by atoms with Crippen molar-refractivity contribution in [2.45, 2.75) is 58.0 Å². The highest BCUT2D eigenvalue weighted by Gasteiger charge is 2.37. The van der Waals surface area contributed by atoms with Crippen LogP contribution in [0.25, 0.3) is 5.69 Å². The zero-order valence-electron chi connectivity index (χ0n) is 23.8. The summed E-state index contributed by atoms with van der Waals surface area (Å²) < 4.78 is 15.5. The Labute approximate surface area is 241 Å². The average Bonchev–Trinajstić information content (AvgIpc) is 3.62. The number of aromatic nitrogens is 2. The molecule has 2 amide bonds. The molecule has 210 valence electrons. The van der Waals surface area contributed by atoms with E-state index in [9.17, 15) is 9.18 Å². The van der Waals surface area contributed by atoms with Crippen LogP contribution in [0.4, 0.5) is 9.18 Å². The van der Waals surface area contributed by atoms with Crippen LogP contribution in [-0.4, -0.2) is 27.3 Å². The molecule has 0 spiro atoms. The fourth-order valence-corrected chi connectivity index (χ4v) is 6.75. The molecule has 1 unspecified atom stereocenters. The number of benzene rings is 3. The predicted octanol–water partition coefficient (Wildman–Crippen LogP) is 7.74. The van der Waals surface area contributed by atoms with E-state index >= 15 is 0 Å². The fraction of sp³-hybridized carbons (Fsp3) is 0.314. The summed E-state index contributed by atoms with van der Waals surface area (Å²) in [4.78, 5) is 15.5. The summed E-state index contributed by atoms with van der Waals surface area (Å²) in [6.45, 7) is 5.54. The Morgan fingerprint density at radius 3 is 2.46 bits per heavy atom. The normalized spacial score (nSPS) is 18.5. The number of hydrogen-bond acceptors (Lipinski definition) is 2. The number of nitrogens with zero attached hydrogens (tertiary/aromatic N) is 3. The SMILES string of the molecule is CCN(Cc1ccccc1)C(=O)NC(C[C@H]1CCC2=C1[C@@H](C)c1cnn(-c3ccc(F)cc3)c1C2)c1ccccc1. The van der Waals surface area contributed by atoms with Crippen molar-refractivity contribution in [1.82, 2.24) is 20.0 Å². The Morgan fingerprint density at radius 1 is 1.05 bits per heavy atom. The molecule has 6 heteroatoms. The zero-order chi connectivity index (χ0) is 28.3. The quantitative estimate of drug-likeness (QED) is 0.229. The number of fused-ring (bicyclic) bond motifs is 1. The van der Waals surface area contributed by atoms with Gasteiger partial charge in [-0.05, 0) is 67.5 Å². The third-order valence-corrected chi connectivity index (χ3v) is 8.83. The highest BCUT2D eigenvalue weighted by molar-refractivity contribution is 5.74. The molecule has 3 aromatic carbocycles. The molecule has 2 aliphatic rings. The molecule has 1 heterocycles. The van der Waals surface area contributed by atoms with Gasteiger partial charge in [0.2, 0.25) is 0 Å². The maximum atomic E-state index is 13.6. The second-order valence-electron chi connectivity index (χ2n) is 11.3. The van der Waals surface area contributed by atoms with Crippen molar-refractivity contribution in [3.63, 3.8) is 0 Å². The number of hydrogen-bond donors (Lipinski definition) is 1.